The number of rotatable bonds is 4. The number of hydrogen-bond donors (Lipinski definition) is 2. The van der Waals surface area contributed by atoms with Crippen LogP contribution in [0, 0.1) is 5.92 Å². The first kappa shape index (κ1) is 19.4. The van der Waals surface area contributed by atoms with Crippen LogP contribution in [0.3, 0.4) is 0 Å². The number of hydrogen-bond acceptors (Lipinski definition) is 5. The first-order valence-corrected chi connectivity index (χ1v) is 8.45. The lowest BCUT2D eigenvalue weighted by Gasteiger charge is -2.37. The maximum atomic E-state index is 12.6. The molecule has 7 heteroatoms. The Morgan fingerprint density at radius 2 is 2.08 bits per heavy atom. The fraction of sp³-hybridized carbons (Fsp3) is 0.500. The molecule has 0 bridgehead atoms. The zero-order valence-electron chi connectivity index (χ0n) is 14.6. The summed E-state index contributed by atoms with van der Waals surface area (Å²) in [6.45, 7) is 3.82. The van der Waals surface area contributed by atoms with E-state index in [4.69, 9.17) is 10.3 Å². The molecule has 1 amide bonds. The fourth-order valence-electron chi connectivity index (χ4n) is 3.28. The Morgan fingerprint density at radius 3 is 2.76 bits per heavy atom. The fourth-order valence-corrected chi connectivity index (χ4v) is 3.28. The average Bonchev–Trinajstić information content (AvgIpc) is 3.05. The summed E-state index contributed by atoms with van der Waals surface area (Å²) in [5.41, 5.74) is 6.71. The highest BCUT2D eigenvalue weighted by Gasteiger charge is 2.38. The summed E-state index contributed by atoms with van der Waals surface area (Å²) >= 11 is 0. The molecule has 1 aromatic carbocycles. The molecule has 2 aromatic rings. The van der Waals surface area contributed by atoms with Crippen LogP contribution < -0.4 is 11.1 Å². The highest BCUT2D eigenvalue weighted by Crippen LogP contribution is 2.32. The summed E-state index contributed by atoms with van der Waals surface area (Å²) in [6.07, 6.45) is 3.82. The highest BCUT2D eigenvalue weighted by atomic mass is 35.5. The van der Waals surface area contributed by atoms with Crippen LogP contribution in [-0.4, -0.2) is 21.6 Å². The van der Waals surface area contributed by atoms with E-state index in [1.165, 1.54) is 0 Å². The number of nitrogens with one attached hydrogen (secondary N) is 1. The molecule has 3 unspecified atom stereocenters. The van der Waals surface area contributed by atoms with E-state index >= 15 is 0 Å². The van der Waals surface area contributed by atoms with Crippen LogP contribution in [0.4, 0.5) is 0 Å². The van der Waals surface area contributed by atoms with Crippen molar-refractivity contribution in [3.05, 3.63) is 36.2 Å². The molecule has 1 aliphatic rings. The van der Waals surface area contributed by atoms with Gasteiger partial charge in [-0.25, -0.2) is 0 Å². The number of carbonyl (C=O) groups is 1. The van der Waals surface area contributed by atoms with Crippen LogP contribution >= 0.6 is 12.4 Å². The van der Waals surface area contributed by atoms with Gasteiger partial charge >= 0.3 is 0 Å². The number of carbonyl (C=O) groups excluding carboxylic acids is 1. The molecule has 1 aliphatic carbocycles. The average molecular weight is 365 g/mol. The molecule has 6 nitrogen and oxygen atoms in total. The van der Waals surface area contributed by atoms with Crippen LogP contribution in [0.2, 0.25) is 0 Å². The smallest absolute Gasteiger partial charge is 0.257 e. The van der Waals surface area contributed by atoms with Gasteiger partial charge < -0.3 is 15.6 Å². The van der Waals surface area contributed by atoms with E-state index < -0.39 is 5.54 Å². The van der Waals surface area contributed by atoms with Crippen molar-refractivity contribution >= 4 is 18.3 Å². The van der Waals surface area contributed by atoms with Gasteiger partial charge in [-0.2, -0.15) is 4.98 Å². The van der Waals surface area contributed by atoms with Crippen molar-refractivity contribution in [2.24, 2.45) is 11.7 Å². The third-order valence-electron chi connectivity index (χ3n) is 4.78. The van der Waals surface area contributed by atoms with Crippen molar-refractivity contribution in [3.63, 3.8) is 0 Å². The molecule has 25 heavy (non-hydrogen) atoms. The van der Waals surface area contributed by atoms with Gasteiger partial charge in [-0.05, 0) is 38.8 Å². The normalized spacial score (nSPS) is 24.2. The zero-order chi connectivity index (χ0) is 17.2. The molecule has 0 spiro atoms. The Morgan fingerprint density at radius 1 is 1.36 bits per heavy atom. The van der Waals surface area contributed by atoms with E-state index in [0.717, 1.165) is 31.2 Å². The lowest BCUT2D eigenvalue weighted by Crippen LogP contribution is -2.53. The first-order valence-electron chi connectivity index (χ1n) is 8.45. The molecule has 136 valence electrons. The van der Waals surface area contributed by atoms with E-state index in [-0.39, 0.29) is 30.3 Å². The molecule has 0 radical (unpaired) electrons. The summed E-state index contributed by atoms with van der Waals surface area (Å²) in [5.74, 6) is 0.720. The molecule has 3 atom stereocenters. The third-order valence-corrected chi connectivity index (χ3v) is 4.78. The Balaban J connectivity index is 0.00000225. The summed E-state index contributed by atoms with van der Waals surface area (Å²) in [7, 11) is 0. The first-order chi connectivity index (χ1) is 11.5. The topological polar surface area (TPSA) is 94.0 Å². The second-order valence-corrected chi connectivity index (χ2v) is 6.86. The van der Waals surface area contributed by atoms with Crippen LogP contribution in [0.5, 0.6) is 0 Å². The van der Waals surface area contributed by atoms with E-state index in [2.05, 4.69) is 15.5 Å². The van der Waals surface area contributed by atoms with Crippen molar-refractivity contribution < 1.29 is 9.32 Å². The van der Waals surface area contributed by atoms with Crippen molar-refractivity contribution in [2.75, 3.05) is 0 Å². The van der Waals surface area contributed by atoms with Gasteiger partial charge in [-0.3, -0.25) is 4.79 Å². The molecular weight excluding hydrogens is 340 g/mol. The van der Waals surface area contributed by atoms with Gasteiger partial charge in [0.05, 0.1) is 12.0 Å². The van der Waals surface area contributed by atoms with Crippen molar-refractivity contribution in [1.82, 2.24) is 15.5 Å². The molecule has 1 fully saturated rings. The lowest BCUT2D eigenvalue weighted by molar-refractivity contribution is -0.128. The molecule has 0 saturated heterocycles. The second-order valence-electron chi connectivity index (χ2n) is 6.86. The van der Waals surface area contributed by atoms with E-state index in [0.29, 0.717) is 11.7 Å². The quantitative estimate of drug-likeness (QED) is 0.868. The van der Waals surface area contributed by atoms with Crippen LogP contribution in [0.15, 0.2) is 34.9 Å². The molecule has 1 heterocycles. The lowest BCUT2D eigenvalue weighted by atomic mass is 9.74. The summed E-state index contributed by atoms with van der Waals surface area (Å²) in [5, 5.41) is 6.98. The van der Waals surface area contributed by atoms with E-state index in [9.17, 15) is 4.79 Å². The van der Waals surface area contributed by atoms with Gasteiger partial charge in [-0.1, -0.05) is 36.2 Å². The molecule has 1 aromatic heterocycles. The highest BCUT2D eigenvalue weighted by molar-refractivity contribution is 5.85. The standard InChI is InChI=1S/C18H24N4O2.ClH/c1-12(20-16(23)14-10-6-7-11-18(14,2)19)15-21-17(24-22-15)13-8-4-3-5-9-13;/h3-5,8-9,12,14H,6-7,10-11,19H2,1-2H3,(H,20,23);1H. The molecule has 0 aliphatic heterocycles. The minimum absolute atomic E-state index is 0. The number of amides is 1. The molecule has 1 saturated carbocycles. The van der Waals surface area contributed by atoms with Crippen LogP contribution in [0.25, 0.3) is 11.5 Å². The second kappa shape index (κ2) is 7.97. The van der Waals surface area contributed by atoms with Crippen molar-refractivity contribution in [1.29, 1.82) is 0 Å². The number of halogens is 1. The van der Waals surface area contributed by atoms with Crippen molar-refractivity contribution in [2.45, 2.75) is 51.1 Å². The number of aromatic nitrogens is 2. The predicted molar refractivity (Wildman–Crippen MR) is 98.1 cm³/mol. The van der Waals surface area contributed by atoms with Gasteiger partial charge in [0.15, 0.2) is 5.82 Å². The Labute approximate surface area is 154 Å². The predicted octanol–water partition coefficient (Wildman–Crippen LogP) is 3.24. The van der Waals surface area contributed by atoms with Gasteiger partial charge in [0, 0.05) is 11.1 Å². The van der Waals surface area contributed by atoms with Crippen molar-refractivity contribution in [3.8, 4) is 11.5 Å². The monoisotopic (exact) mass is 364 g/mol. The largest absolute Gasteiger partial charge is 0.346 e. The van der Waals surface area contributed by atoms with Crippen LogP contribution in [-0.2, 0) is 4.79 Å². The Kier molecular flexibility index (Phi) is 6.19. The number of nitrogens with two attached hydrogens (primary N) is 1. The minimum atomic E-state index is -0.450. The van der Waals surface area contributed by atoms with Gasteiger partial charge in [0.25, 0.3) is 5.89 Å². The Bertz CT molecular complexity index is 702. The third kappa shape index (κ3) is 4.38. The molecule has 3 N–H and O–H groups in total. The van der Waals surface area contributed by atoms with Gasteiger partial charge in [-0.15, -0.1) is 12.4 Å². The van der Waals surface area contributed by atoms with E-state index in [1.54, 1.807) is 0 Å². The summed E-state index contributed by atoms with van der Waals surface area (Å²) in [4.78, 5) is 17.0. The maximum absolute atomic E-state index is 12.6. The van der Waals surface area contributed by atoms with Gasteiger partial charge in [0.1, 0.15) is 0 Å². The van der Waals surface area contributed by atoms with E-state index in [1.807, 2.05) is 44.2 Å². The van der Waals surface area contributed by atoms with Crippen LogP contribution in [0.1, 0.15) is 51.4 Å². The van der Waals surface area contributed by atoms with Gasteiger partial charge in [0.2, 0.25) is 5.91 Å². The maximum Gasteiger partial charge on any atom is 0.257 e. The minimum Gasteiger partial charge on any atom is -0.346 e. The number of benzene rings is 1. The zero-order valence-corrected chi connectivity index (χ0v) is 15.4. The number of nitrogens with zero attached hydrogens (tertiary/aromatic N) is 2. The molecular formula is C18H25ClN4O2. The summed E-state index contributed by atoms with van der Waals surface area (Å²) < 4.78 is 5.30. The Hall–Kier alpha value is -1.92. The SMILES string of the molecule is CC(NC(=O)C1CCCCC1(C)N)c1noc(-c2ccccc2)n1.Cl. The molecule has 3 rings (SSSR count). The summed E-state index contributed by atoms with van der Waals surface area (Å²) in [6, 6.07) is 9.24.